The van der Waals surface area contributed by atoms with Crippen LogP contribution in [0.15, 0.2) is 41.5 Å². The molecule has 132 valence electrons. The lowest BCUT2D eigenvalue weighted by atomic mass is 10.1. The molecule has 3 heterocycles. The van der Waals surface area contributed by atoms with Crippen LogP contribution in [0, 0.1) is 0 Å². The van der Waals surface area contributed by atoms with E-state index in [0.29, 0.717) is 32.7 Å². The Bertz CT molecular complexity index is 786. The summed E-state index contributed by atoms with van der Waals surface area (Å²) < 4.78 is 7.04. The zero-order valence-electron chi connectivity index (χ0n) is 14.5. The molecule has 2 aromatic rings. The Morgan fingerprint density at radius 1 is 1.24 bits per heavy atom. The Balaban J connectivity index is 1.82. The highest BCUT2D eigenvalue weighted by Crippen LogP contribution is 2.16. The number of hydrogen-bond acceptors (Lipinski definition) is 4. The number of pyridine rings is 2. The number of fused-ring (bicyclic) bond motifs is 1. The maximum Gasteiger partial charge on any atom is 0.251 e. The first kappa shape index (κ1) is 17.4. The minimum absolute atomic E-state index is 0.0100. The Morgan fingerprint density at radius 3 is 2.84 bits per heavy atom. The predicted molar refractivity (Wildman–Crippen MR) is 94.5 cm³/mol. The lowest BCUT2D eigenvalue weighted by molar-refractivity contribution is -0.135. The van der Waals surface area contributed by atoms with Crippen LogP contribution in [-0.2, 0) is 28.9 Å². The van der Waals surface area contributed by atoms with E-state index in [1.165, 1.54) is 0 Å². The average molecular weight is 341 g/mol. The average Bonchev–Trinajstić information content (AvgIpc) is 2.86. The van der Waals surface area contributed by atoms with Crippen LogP contribution in [0.1, 0.15) is 23.7 Å². The SMILES string of the molecule is CCOCC(=O)N1CCc2ccc(=O)n(Cc3cccnc3)c2CC1. The molecule has 0 bridgehead atoms. The third-order valence-corrected chi connectivity index (χ3v) is 4.51. The topological polar surface area (TPSA) is 64.4 Å². The standard InChI is InChI=1S/C19H23N3O3/c1-2-25-14-19(24)21-10-7-16-5-6-18(23)22(17(16)8-11-21)13-15-4-3-9-20-12-15/h3-6,9,12H,2,7-8,10-11,13-14H2,1H3. The summed E-state index contributed by atoms with van der Waals surface area (Å²) in [6.45, 7) is 4.30. The molecule has 0 fully saturated rings. The number of carbonyl (C=O) groups excluding carboxylic acids is 1. The molecule has 0 aliphatic carbocycles. The summed E-state index contributed by atoms with van der Waals surface area (Å²) in [5.74, 6) is 0.0100. The van der Waals surface area contributed by atoms with Gasteiger partial charge in [0.05, 0.1) is 6.54 Å². The van der Waals surface area contributed by atoms with Crippen molar-refractivity contribution in [2.24, 2.45) is 0 Å². The van der Waals surface area contributed by atoms with E-state index in [1.807, 2.05) is 34.6 Å². The number of rotatable bonds is 5. The van der Waals surface area contributed by atoms with Gasteiger partial charge in [-0.05, 0) is 30.5 Å². The molecule has 0 spiro atoms. The summed E-state index contributed by atoms with van der Waals surface area (Å²) >= 11 is 0. The first-order chi connectivity index (χ1) is 12.2. The van der Waals surface area contributed by atoms with Gasteiger partial charge in [-0.25, -0.2) is 0 Å². The first-order valence-electron chi connectivity index (χ1n) is 8.65. The summed E-state index contributed by atoms with van der Waals surface area (Å²) in [5.41, 5.74) is 3.13. The Morgan fingerprint density at radius 2 is 2.08 bits per heavy atom. The molecular formula is C19H23N3O3. The van der Waals surface area contributed by atoms with E-state index >= 15 is 0 Å². The highest BCUT2D eigenvalue weighted by Gasteiger charge is 2.20. The monoisotopic (exact) mass is 341 g/mol. The molecule has 2 aromatic heterocycles. The minimum Gasteiger partial charge on any atom is -0.372 e. The highest BCUT2D eigenvalue weighted by molar-refractivity contribution is 5.77. The Kier molecular flexibility index (Phi) is 5.60. The van der Waals surface area contributed by atoms with Gasteiger partial charge < -0.3 is 14.2 Å². The largest absolute Gasteiger partial charge is 0.372 e. The molecule has 1 amide bonds. The zero-order chi connectivity index (χ0) is 17.6. The van der Waals surface area contributed by atoms with E-state index in [4.69, 9.17) is 4.74 Å². The summed E-state index contributed by atoms with van der Waals surface area (Å²) in [4.78, 5) is 30.6. The molecule has 6 nitrogen and oxygen atoms in total. The maximum absolute atomic E-state index is 12.4. The van der Waals surface area contributed by atoms with Gasteiger partial charge >= 0.3 is 0 Å². The first-order valence-corrected chi connectivity index (χ1v) is 8.65. The number of hydrogen-bond donors (Lipinski definition) is 0. The molecule has 25 heavy (non-hydrogen) atoms. The number of carbonyl (C=O) groups is 1. The molecular weight excluding hydrogens is 318 g/mol. The predicted octanol–water partition coefficient (Wildman–Crippen LogP) is 1.26. The van der Waals surface area contributed by atoms with Crippen molar-refractivity contribution in [3.63, 3.8) is 0 Å². The van der Waals surface area contributed by atoms with E-state index in [-0.39, 0.29) is 18.1 Å². The van der Waals surface area contributed by atoms with Crippen molar-refractivity contribution in [3.8, 4) is 0 Å². The summed E-state index contributed by atoms with van der Waals surface area (Å²) in [5, 5.41) is 0. The van der Waals surface area contributed by atoms with Gasteiger partial charge in [-0.3, -0.25) is 14.6 Å². The van der Waals surface area contributed by atoms with Crippen molar-refractivity contribution in [1.29, 1.82) is 0 Å². The lowest BCUT2D eigenvalue weighted by Gasteiger charge is -2.20. The quantitative estimate of drug-likeness (QED) is 0.821. The van der Waals surface area contributed by atoms with Gasteiger partial charge in [0.15, 0.2) is 0 Å². The molecule has 0 saturated carbocycles. The van der Waals surface area contributed by atoms with Gasteiger partial charge in [0.25, 0.3) is 5.56 Å². The van der Waals surface area contributed by atoms with Gasteiger partial charge in [-0.1, -0.05) is 12.1 Å². The van der Waals surface area contributed by atoms with Crippen LogP contribution in [0.25, 0.3) is 0 Å². The van der Waals surface area contributed by atoms with Crippen LogP contribution >= 0.6 is 0 Å². The van der Waals surface area contributed by atoms with Crippen molar-refractivity contribution in [3.05, 3.63) is 63.8 Å². The number of amides is 1. The van der Waals surface area contributed by atoms with E-state index in [9.17, 15) is 9.59 Å². The molecule has 0 aromatic carbocycles. The number of nitrogens with zero attached hydrogens (tertiary/aromatic N) is 3. The molecule has 0 radical (unpaired) electrons. The van der Waals surface area contributed by atoms with Crippen LogP contribution in [0.4, 0.5) is 0 Å². The minimum atomic E-state index is -0.0169. The molecule has 1 aliphatic rings. The van der Waals surface area contributed by atoms with Crippen molar-refractivity contribution in [1.82, 2.24) is 14.5 Å². The van der Waals surface area contributed by atoms with Crippen molar-refractivity contribution in [2.45, 2.75) is 26.3 Å². The number of ether oxygens (including phenoxy) is 1. The normalized spacial score (nSPS) is 14.0. The Labute approximate surface area is 147 Å². The van der Waals surface area contributed by atoms with Crippen LogP contribution in [0.5, 0.6) is 0 Å². The number of aromatic nitrogens is 2. The second-order valence-electron chi connectivity index (χ2n) is 6.11. The fourth-order valence-corrected chi connectivity index (χ4v) is 3.17. The summed E-state index contributed by atoms with van der Waals surface area (Å²) in [6, 6.07) is 7.35. The van der Waals surface area contributed by atoms with Crippen molar-refractivity contribution >= 4 is 5.91 Å². The fourth-order valence-electron chi connectivity index (χ4n) is 3.17. The van der Waals surface area contributed by atoms with Gasteiger partial charge in [0.1, 0.15) is 6.61 Å². The summed E-state index contributed by atoms with van der Waals surface area (Å²) in [7, 11) is 0. The van der Waals surface area contributed by atoms with E-state index in [1.54, 1.807) is 18.5 Å². The van der Waals surface area contributed by atoms with Crippen LogP contribution < -0.4 is 5.56 Å². The lowest BCUT2D eigenvalue weighted by Crippen LogP contribution is -2.36. The molecule has 0 N–H and O–H groups in total. The Hall–Kier alpha value is -2.47. The zero-order valence-corrected chi connectivity index (χ0v) is 14.5. The smallest absolute Gasteiger partial charge is 0.251 e. The van der Waals surface area contributed by atoms with Crippen LogP contribution in [0.3, 0.4) is 0 Å². The molecule has 6 heteroatoms. The highest BCUT2D eigenvalue weighted by atomic mass is 16.5. The molecule has 0 unspecified atom stereocenters. The molecule has 3 rings (SSSR count). The molecule has 0 saturated heterocycles. The third kappa shape index (κ3) is 4.14. The third-order valence-electron chi connectivity index (χ3n) is 4.51. The van der Waals surface area contributed by atoms with Crippen molar-refractivity contribution in [2.75, 3.05) is 26.3 Å². The van der Waals surface area contributed by atoms with Crippen molar-refractivity contribution < 1.29 is 9.53 Å². The van der Waals surface area contributed by atoms with Crippen LogP contribution in [-0.4, -0.2) is 46.7 Å². The second kappa shape index (κ2) is 8.07. The fraction of sp³-hybridized carbons (Fsp3) is 0.421. The van der Waals surface area contributed by atoms with E-state index in [2.05, 4.69) is 4.98 Å². The second-order valence-corrected chi connectivity index (χ2v) is 6.11. The summed E-state index contributed by atoms with van der Waals surface area (Å²) in [6.07, 6.45) is 4.92. The van der Waals surface area contributed by atoms with Crippen LogP contribution in [0.2, 0.25) is 0 Å². The van der Waals surface area contributed by atoms with Gasteiger partial charge in [-0.15, -0.1) is 0 Å². The maximum atomic E-state index is 12.4. The van der Waals surface area contributed by atoms with Gasteiger partial charge in [0, 0.05) is 50.3 Å². The molecule has 0 atom stereocenters. The van der Waals surface area contributed by atoms with E-state index in [0.717, 1.165) is 23.2 Å². The molecule has 1 aliphatic heterocycles. The van der Waals surface area contributed by atoms with E-state index < -0.39 is 0 Å². The van der Waals surface area contributed by atoms with Gasteiger partial charge in [-0.2, -0.15) is 0 Å². The van der Waals surface area contributed by atoms with Gasteiger partial charge in [0.2, 0.25) is 5.91 Å².